The Labute approximate surface area is 95.1 Å². The number of rotatable bonds is 5. The maximum Gasteiger partial charge on any atom is 0.268 e. The second-order valence-electron chi connectivity index (χ2n) is 3.53. The van der Waals surface area contributed by atoms with E-state index in [1.807, 2.05) is 13.0 Å². The van der Waals surface area contributed by atoms with E-state index in [-0.39, 0.29) is 11.1 Å². The molecule has 0 aliphatic heterocycles. The van der Waals surface area contributed by atoms with Crippen LogP contribution in [0.5, 0.6) is 0 Å². The summed E-state index contributed by atoms with van der Waals surface area (Å²) >= 11 is 0. The summed E-state index contributed by atoms with van der Waals surface area (Å²) in [5.74, 6) is 0. The number of hydrogen-bond acceptors (Lipinski definition) is 3. The average molecular weight is 220 g/mol. The molecule has 1 aromatic rings. The van der Waals surface area contributed by atoms with E-state index in [4.69, 9.17) is 10.00 Å². The van der Waals surface area contributed by atoms with Crippen LogP contribution in [-0.4, -0.2) is 17.8 Å². The van der Waals surface area contributed by atoms with Crippen molar-refractivity contribution in [1.82, 2.24) is 4.57 Å². The molecule has 0 aliphatic rings. The molecule has 16 heavy (non-hydrogen) atoms. The Morgan fingerprint density at radius 1 is 1.56 bits per heavy atom. The predicted molar refractivity (Wildman–Crippen MR) is 61.3 cm³/mol. The van der Waals surface area contributed by atoms with E-state index in [0.29, 0.717) is 19.8 Å². The van der Waals surface area contributed by atoms with Gasteiger partial charge in [0.2, 0.25) is 0 Å². The Morgan fingerprint density at radius 3 is 2.94 bits per heavy atom. The first-order chi connectivity index (χ1) is 7.70. The van der Waals surface area contributed by atoms with Crippen molar-refractivity contribution >= 4 is 0 Å². The smallest absolute Gasteiger partial charge is 0.268 e. The molecular weight excluding hydrogens is 204 g/mol. The van der Waals surface area contributed by atoms with E-state index in [2.05, 4.69) is 0 Å². The number of nitriles is 1. The minimum absolute atomic E-state index is 0.209. The zero-order chi connectivity index (χ0) is 12.0. The van der Waals surface area contributed by atoms with Gasteiger partial charge in [0.25, 0.3) is 5.56 Å². The Morgan fingerprint density at radius 2 is 2.31 bits per heavy atom. The van der Waals surface area contributed by atoms with Crippen LogP contribution in [0.25, 0.3) is 0 Å². The van der Waals surface area contributed by atoms with Crippen LogP contribution >= 0.6 is 0 Å². The summed E-state index contributed by atoms with van der Waals surface area (Å²) in [6.45, 7) is 5.62. The SMILES string of the molecule is CCOCCCn1ccc(C)c(C#N)c1=O. The number of nitrogens with zero attached hydrogens (tertiary/aromatic N) is 2. The lowest BCUT2D eigenvalue weighted by Crippen LogP contribution is -2.23. The Balaban J connectivity index is 2.76. The van der Waals surface area contributed by atoms with Crippen molar-refractivity contribution in [3.63, 3.8) is 0 Å². The van der Waals surface area contributed by atoms with Crippen molar-refractivity contribution in [3.8, 4) is 6.07 Å². The topological polar surface area (TPSA) is 55.0 Å². The van der Waals surface area contributed by atoms with Crippen molar-refractivity contribution in [2.24, 2.45) is 0 Å². The molecule has 4 nitrogen and oxygen atoms in total. The van der Waals surface area contributed by atoms with Crippen molar-refractivity contribution < 1.29 is 4.74 Å². The molecule has 0 radical (unpaired) electrons. The number of hydrogen-bond donors (Lipinski definition) is 0. The summed E-state index contributed by atoms with van der Waals surface area (Å²) in [7, 11) is 0. The molecule has 0 bridgehead atoms. The fraction of sp³-hybridized carbons (Fsp3) is 0.500. The summed E-state index contributed by atoms with van der Waals surface area (Å²) in [5, 5.41) is 8.85. The summed E-state index contributed by atoms with van der Waals surface area (Å²) < 4.78 is 6.76. The van der Waals surface area contributed by atoms with Gasteiger partial charge >= 0.3 is 0 Å². The second kappa shape index (κ2) is 6.09. The van der Waals surface area contributed by atoms with Crippen LogP contribution in [-0.2, 0) is 11.3 Å². The molecule has 0 amide bonds. The van der Waals surface area contributed by atoms with Crippen LogP contribution in [0.1, 0.15) is 24.5 Å². The predicted octanol–water partition coefficient (Wildman–Crippen LogP) is 1.45. The number of ether oxygens (including phenoxy) is 1. The highest BCUT2D eigenvalue weighted by Gasteiger charge is 2.05. The molecule has 1 aromatic heterocycles. The summed E-state index contributed by atoms with van der Waals surface area (Å²) in [6, 6.07) is 3.73. The van der Waals surface area contributed by atoms with E-state index >= 15 is 0 Å². The van der Waals surface area contributed by atoms with Gasteiger partial charge in [-0.25, -0.2) is 0 Å². The van der Waals surface area contributed by atoms with Crippen LogP contribution in [0.15, 0.2) is 17.1 Å². The molecule has 0 saturated heterocycles. The molecule has 0 unspecified atom stereocenters. The van der Waals surface area contributed by atoms with Crippen LogP contribution in [0.3, 0.4) is 0 Å². The van der Waals surface area contributed by atoms with Crippen molar-refractivity contribution in [3.05, 3.63) is 33.7 Å². The molecule has 0 aliphatic carbocycles. The first-order valence-corrected chi connectivity index (χ1v) is 5.38. The Bertz CT molecular complexity index is 443. The molecule has 86 valence electrons. The van der Waals surface area contributed by atoms with E-state index in [1.165, 1.54) is 0 Å². The van der Waals surface area contributed by atoms with Crippen molar-refractivity contribution in [2.75, 3.05) is 13.2 Å². The number of aromatic nitrogens is 1. The Hall–Kier alpha value is -1.60. The molecule has 0 aromatic carbocycles. The van der Waals surface area contributed by atoms with Gasteiger partial charge in [0, 0.05) is 26.0 Å². The molecule has 1 rings (SSSR count). The third kappa shape index (κ3) is 2.94. The molecule has 0 saturated carbocycles. The highest BCUT2D eigenvalue weighted by atomic mass is 16.5. The molecule has 0 fully saturated rings. The van der Waals surface area contributed by atoms with Crippen LogP contribution < -0.4 is 5.56 Å². The summed E-state index contributed by atoms with van der Waals surface area (Å²) in [5.41, 5.74) is 0.756. The summed E-state index contributed by atoms with van der Waals surface area (Å²) in [6.07, 6.45) is 2.51. The van der Waals surface area contributed by atoms with E-state index in [1.54, 1.807) is 23.8 Å². The number of pyridine rings is 1. The minimum atomic E-state index is -0.209. The molecular formula is C12H16N2O2. The molecule has 0 spiro atoms. The maximum atomic E-state index is 11.8. The lowest BCUT2D eigenvalue weighted by Gasteiger charge is -2.07. The fourth-order valence-electron chi connectivity index (χ4n) is 1.46. The first kappa shape index (κ1) is 12.5. The van der Waals surface area contributed by atoms with Crippen LogP contribution in [0, 0.1) is 18.3 Å². The number of aryl methyl sites for hydroxylation is 2. The quantitative estimate of drug-likeness (QED) is 0.706. The standard InChI is InChI=1S/C12H16N2O2/c1-3-16-8-4-6-14-7-5-10(2)11(9-13)12(14)15/h5,7H,3-4,6,8H2,1-2H3. The van der Waals surface area contributed by atoms with Gasteiger partial charge in [-0.1, -0.05) is 0 Å². The van der Waals surface area contributed by atoms with Gasteiger partial charge in [-0.2, -0.15) is 5.26 Å². The monoisotopic (exact) mass is 220 g/mol. The third-order valence-corrected chi connectivity index (χ3v) is 2.38. The van der Waals surface area contributed by atoms with Gasteiger partial charge < -0.3 is 9.30 Å². The summed E-state index contributed by atoms with van der Waals surface area (Å²) in [4.78, 5) is 11.8. The highest BCUT2D eigenvalue weighted by Crippen LogP contribution is 2.00. The fourth-order valence-corrected chi connectivity index (χ4v) is 1.46. The molecule has 0 N–H and O–H groups in total. The minimum Gasteiger partial charge on any atom is -0.382 e. The maximum absolute atomic E-state index is 11.8. The second-order valence-corrected chi connectivity index (χ2v) is 3.53. The van der Waals surface area contributed by atoms with E-state index in [9.17, 15) is 4.79 Å². The molecule has 1 heterocycles. The first-order valence-electron chi connectivity index (χ1n) is 5.38. The van der Waals surface area contributed by atoms with Gasteiger partial charge in [-0.05, 0) is 31.9 Å². The average Bonchev–Trinajstić information content (AvgIpc) is 2.28. The Kier molecular flexibility index (Phi) is 4.74. The zero-order valence-corrected chi connectivity index (χ0v) is 9.69. The van der Waals surface area contributed by atoms with Gasteiger partial charge in [0.15, 0.2) is 0 Å². The van der Waals surface area contributed by atoms with Crippen molar-refractivity contribution in [1.29, 1.82) is 5.26 Å². The third-order valence-electron chi connectivity index (χ3n) is 2.38. The zero-order valence-electron chi connectivity index (χ0n) is 9.69. The molecule has 4 heteroatoms. The van der Waals surface area contributed by atoms with E-state index < -0.39 is 0 Å². The largest absolute Gasteiger partial charge is 0.382 e. The van der Waals surface area contributed by atoms with Crippen LogP contribution in [0.2, 0.25) is 0 Å². The van der Waals surface area contributed by atoms with E-state index in [0.717, 1.165) is 12.0 Å². The lowest BCUT2D eigenvalue weighted by molar-refractivity contribution is 0.141. The highest BCUT2D eigenvalue weighted by molar-refractivity contribution is 5.33. The van der Waals surface area contributed by atoms with Gasteiger partial charge in [0.1, 0.15) is 11.6 Å². The normalized spacial score (nSPS) is 10.1. The lowest BCUT2D eigenvalue weighted by atomic mass is 10.2. The van der Waals surface area contributed by atoms with Gasteiger partial charge in [-0.3, -0.25) is 4.79 Å². The van der Waals surface area contributed by atoms with Crippen LogP contribution in [0.4, 0.5) is 0 Å². The van der Waals surface area contributed by atoms with Crippen molar-refractivity contribution in [2.45, 2.75) is 26.8 Å². The van der Waals surface area contributed by atoms with Gasteiger partial charge in [0.05, 0.1) is 0 Å². The molecule has 0 atom stereocenters. The van der Waals surface area contributed by atoms with Gasteiger partial charge in [-0.15, -0.1) is 0 Å².